The predicted octanol–water partition coefficient (Wildman–Crippen LogP) is 5.21. The molecule has 3 aromatic rings. The Balaban J connectivity index is 1.98. The van der Waals surface area contributed by atoms with Crippen molar-refractivity contribution < 1.29 is 14.7 Å². The molecule has 27 heavy (non-hydrogen) atoms. The van der Waals surface area contributed by atoms with Crippen molar-refractivity contribution in [2.75, 3.05) is 0 Å². The van der Waals surface area contributed by atoms with E-state index in [-0.39, 0.29) is 17.8 Å². The van der Waals surface area contributed by atoms with E-state index in [9.17, 15) is 14.7 Å². The predicted molar refractivity (Wildman–Crippen MR) is 107 cm³/mol. The van der Waals surface area contributed by atoms with Crippen LogP contribution in [0.2, 0.25) is 0 Å². The van der Waals surface area contributed by atoms with Crippen molar-refractivity contribution in [3.63, 3.8) is 0 Å². The van der Waals surface area contributed by atoms with E-state index in [1.54, 1.807) is 18.2 Å². The zero-order chi connectivity index (χ0) is 19.1. The van der Waals surface area contributed by atoms with Gasteiger partial charge in [0.25, 0.3) is 0 Å². The number of carboxylic acid groups (broad SMARTS) is 1. The van der Waals surface area contributed by atoms with Crippen molar-refractivity contribution in [1.82, 2.24) is 0 Å². The molecular weight excluding hydrogens is 336 g/mol. The monoisotopic (exact) mass is 356 g/mol. The first-order chi connectivity index (χ1) is 13.1. The third-order valence-electron chi connectivity index (χ3n) is 4.42. The van der Waals surface area contributed by atoms with Crippen LogP contribution in [0.5, 0.6) is 0 Å². The second-order valence-corrected chi connectivity index (χ2v) is 6.28. The van der Waals surface area contributed by atoms with Gasteiger partial charge >= 0.3 is 5.97 Å². The summed E-state index contributed by atoms with van der Waals surface area (Å²) in [5, 5.41) is 9.70. The van der Waals surface area contributed by atoms with Gasteiger partial charge in [0.05, 0.1) is 5.92 Å². The standard InChI is InChI=1S/C24H20O3/c25-23(20-14-8-3-9-15-20)22(19-12-6-2-7-13-19)17-21(24(26)27)16-18-10-4-1-5-11-18/h1-16,22H,17H2,(H,26,27)/b21-16-. The van der Waals surface area contributed by atoms with E-state index in [0.717, 1.165) is 11.1 Å². The molecule has 3 aromatic carbocycles. The Bertz CT molecular complexity index is 929. The highest BCUT2D eigenvalue weighted by molar-refractivity contribution is 6.02. The molecule has 134 valence electrons. The van der Waals surface area contributed by atoms with Crippen LogP contribution in [0.25, 0.3) is 6.08 Å². The molecule has 1 unspecified atom stereocenters. The maximum absolute atomic E-state index is 13.1. The molecule has 0 aromatic heterocycles. The van der Waals surface area contributed by atoms with Gasteiger partial charge in [-0.2, -0.15) is 0 Å². The van der Waals surface area contributed by atoms with Crippen LogP contribution in [0.3, 0.4) is 0 Å². The topological polar surface area (TPSA) is 54.4 Å². The Labute approximate surface area is 158 Å². The van der Waals surface area contributed by atoms with Gasteiger partial charge in [0.2, 0.25) is 0 Å². The van der Waals surface area contributed by atoms with Crippen LogP contribution < -0.4 is 0 Å². The zero-order valence-corrected chi connectivity index (χ0v) is 14.8. The molecule has 0 aliphatic rings. The number of carbonyl (C=O) groups is 2. The lowest BCUT2D eigenvalue weighted by atomic mass is 9.85. The summed E-state index contributed by atoms with van der Waals surface area (Å²) in [6.45, 7) is 0. The molecule has 1 atom stereocenters. The lowest BCUT2D eigenvalue weighted by Crippen LogP contribution is -2.16. The number of carboxylic acids is 1. The number of ketones is 1. The van der Waals surface area contributed by atoms with E-state index in [4.69, 9.17) is 0 Å². The van der Waals surface area contributed by atoms with Crippen LogP contribution in [0.4, 0.5) is 0 Å². The molecule has 0 spiro atoms. The number of Topliss-reactive ketones (excluding diaryl/α,β-unsaturated/α-hetero) is 1. The van der Waals surface area contributed by atoms with Crippen LogP contribution in [0, 0.1) is 0 Å². The first-order valence-electron chi connectivity index (χ1n) is 8.78. The van der Waals surface area contributed by atoms with E-state index in [1.807, 2.05) is 78.9 Å². The van der Waals surface area contributed by atoms with Gasteiger partial charge in [-0.1, -0.05) is 91.0 Å². The maximum atomic E-state index is 13.1. The van der Waals surface area contributed by atoms with Crippen molar-refractivity contribution in [1.29, 1.82) is 0 Å². The summed E-state index contributed by atoms with van der Waals surface area (Å²) in [4.78, 5) is 25.0. The Kier molecular flexibility index (Phi) is 5.95. The van der Waals surface area contributed by atoms with Gasteiger partial charge in [0.1, 0.15) is 0 Å². The molecule has 3 heteroatoms. The fraction of sp³-hybridized carbons (Fsp3) is 0.0833. The van der Waals surface area contributed by atoms with Crippen molar-refractivity contribution in [3.8, 4) is 0 Å². The molecule has 1 N–H and O–H groups in total. The first kappa shape index (κ1) is 18.3. The van der Waals surface area contributed by atoms with Gasteiger partial charge in [-0.25, -0.2) is 4.79 Å². The molecule has 3 rings (SSSR count). The van der Waals surface area contributed by atoms with Gasteiger partial charge in [-0.3, -0.25) is 4.79 Å². The third kappa shape index (κ3) is 4.79. The number of rotatable bonds is 7. The molecule has 0 aliphatic carbocycles. The van der Waals surface area contributed by atoms with E-state index < -0.39 is 11.9 Å². The van der Waals surface area contributed by atoms with E-state index in [2.05, 4.69) is 0 Å². The van der Waals surface area contributed by atoms with Crippen LogP contribution >= 0.6 is 0 Å². The lowest BCUT2D eigenvalue weighted by molar-refractivity contribution is -0.132. The van der Waals surface area contributed by atoms with E-state index in [0.29, 0.717) is 5.56 Å². The molecule has 0 aliphatic heterocycles. The fourth-order valence-corrected chi connectivity index (χ4v) is 3.03. The van der Waals surface area contributed by atoms with E-state index >= 15 is 0 Å². The minimum atomic E-state index is -1.01. The summed E-state index contributed by atoms with van der Waals surface area (Å²) in [6, 6.07) is 27.6. The van der Waals surface area contributed by atoms with Crippen LogP contribution in [-0.2, 0) is 4.79 Å². The summed E-state index contributed by atoms with van der Waals surface area (Å²) in [5.74, 6) is -1.65. The highest BCUT2D eigenvalue weighted by atomic mass is 16.4. The largest absolute Gasteiger partial charge is 0.478 e. The minimum absolute atomic E-state index is 0.0815. The molecule has 0 bridgehead atoms. The van der Waals surface area contributed by atoms with Crippen LogP contribution in [0.15, 0.2) is 96.6 Å². The molecule has 3 nitrogen and oxygen atoms in total. The number of hydrogen-bond donors (Lipinski definition) is 1. The van der Waals surface area contributed by atoms with Gasteiger partial charge in [-0.15, -0.1) is 0 Å². The Hall–Kier alpha value is -3.46. The normalized spacial score (nSPS) is 12.4. The quantitative estimate of drug-likeness (QED) is 0.467. The molecule has 0 amide bonds. The molecule has 0 fully saturated rings. The first-order valence-corrected chi connectivity index (χ1v) is 8.78. The second-order valence-electron chi connectivity index (χ2n) is 6.28. The van der Waals surface area contributed by atoms with Crippen molar-refractivity contribution in [3.05, 3.63) is 113 Å². The van der Waals surface area contributed by atoms with Crippen molar-refractivity contribution >= 4 is 17.8 Å². The van der Waals surface area contributed by atoms with Crippen molar-refractivity contribution in [2.24, 2.45) is 0 Å². The summed E-state index contributed by atoms with van der Waals surface area (Å²) >= 11 is 0. The maximum Gasteiger partial charge on any atom is 0.331 e. The van der Waals surface area contributed by atoms with Crippen LogP contribution in [-0.4, -0.2) is 16.9 Å². The number of hydrogen-bond acceptors (Lipinski definition) is 2. The van der Waals surface area contributed by atoms with Gasteiger partial charge in [0.15, 0.2) is 5.78 Å². The van der Waals surface area contributed by atoms with Crippen LogP contribution in [0.1, 0.15) is 33.8 Å². The average Bonchev–Trinajstić information content (AvgIpc) is 2.72. The SMILES string of the molecule is O=C(O)/C(=C\c1ccccc1)CC(C(=O)c1ccccc1)c1ccccc1. The Morgan fingerprint density at radius 3 is 1.85 bits per heavy atom. The Morgan fingerprint density at radius 1 is 0.778 bits per heavy atom. The minimum Gasteiger partial charge on any atom is -0.478 e. The smallest absolute Gasteiger partial charge is 0.331 e. The highest BCUT2D eigenvalue weighted by Crippen LogP contribution is 2.29. The number of aliphatic carboxylic acids is 1. The summed E-state index contributed by atoms with van der Waals surface area (Å²) < 4.78 is 0. The summed E-state index contributed by atoms with van der Waals surface area (Å²) in [7, 11) is 0. The number of carbonyl (C=O) groups excluding carboxylic acids is 1. The number of benzene rings is 3. The Morgan fingerprint density at radius 2 is 1.30 bits per heavy atom. The van der Waals surface area contributed by atoms with Crippen molar-refractivity contribution in [2.45, 2.75) is 12.3 Å². The third-order valence-corrected chi connectivity index (χ3v) is 4.42. The van der Waals surface area contributed by atoms with Gasteiger partial charge in [-0.05, 0) is 23.6 Å². The molecule has 0 radical (unpaired) electrons. The fourth-order valence-electron chi connectivity index (χ4n) is 3.03. The molecule has 0 saturated carbocycles. The van der Waals surface area contributed by atoms with Gasteiger partial charge in [0, 0.05) is 11.1 Å². The lowest BCUT2D eigenvalue weighted by Gasteiger charge is -2.17. The molecular formula is C24H20O3. The summed E-state index contributed by atoms with van der Waals surface area (Å²) in [5.41, 5.74) is 2.40. The van der Waals surface area contributed by atoms with E-state index in [1.165, 1.54) is 0 Å². The summed E-state index contributed by atoms with van der Waals surface area (Å²) in [6.07, 6.45) is 1.76. The molecule has 0 heterocycles. The highest BCUT2D eigenvalue weighted by Gasteiger charge is 2.25. The average molecular weight is 356 g/mol. The second kappa shape index (κ2) is 8.77. The zero-order valence-electron chi connectivity index (χ0n) is 14.8. The van der Waals surface area contributed by atoms with Gasteiger partial charge < -0.3 is 5.11 Å². The molecule has 0 saturated heterocycles.